The normalized spacial score (nSPS) is 14.7. The summed E-state index contributed by atoms with van der Waals surface area (Å²) in [6, 6.07) is 14.4. The van der Waals surface area contributed by atoms with Crippen LogP contribution in [-0.4, -0.2) is 55.4 Å². The maximum absolute atomic E-state index is 12.4. The SMILES string of the molecule is CC(C)(C)c1cc(C(N)CCC(=O)Nc2ccc(C#Cc3ccc(OCCN4CCOCC4)c(Cl)c3)cc2)no1. The van der Waals surface area contributed by atoms with E-state index in [-0.39, 0.29) is 23.8 Å². The minimum absolute atomic E-state index is 0.115. The predicted molar refractivity (Wildman–Crippen MR) is 157 cm³/mol. The minimum Gasteiger partial charge on any atom is -0.491 e. The first-order valence-corrected chi connectivity index (χ1v) is 13.9. The minimum atomic E-state index is -0.368. The number of morpholine rings is 1. The zero-order valence-electron chi connectivity index (χ0n) is 23.3. The van der Waals surface area contributed by atoms with Crippen LogP contribution in [0.3, 0.4) is 0 Å². The second kappa shape index (κ2) is 13.8. The Bertz CT molecular complexity index is 1330. The number of rotatable bonds is 9. The van der Waals surface area contributed by atoms with Crippen molar-refractivity contribution in [1.29, 1.82) is 0 Å². The van der Waals surface area contributed by atoms with Gasteiger partial charge >= 0.3 is 0 Å². The number of halogens is 1. The van der Waals surface area contributed by atoms with Gasteiger partial charge in [-0.05, 0) is 48.9 Å². The van der Waals surface area contributed by atoms with E-state index in [4.69, 9.17) is 31.3 Å². The van der Waals surface area contributed by atoms with Gasteiger partial charge in [-0.2, -0.15) is 0 Å². The number of carbonyl (C=O) groups excluding carboxylic acids is 1. The smallest absolute Gasteiger partial charge is 0.224 e. The largest absolute Gasteiger partial charge is 0.491 e. The number of amides is 1. The van der Waals surface area contributed by atoms with E-state index in [0.717, 1.165) is 49.7 Å². The molecule has 0 spiro atoms. The van der Waals surface area contributed by atoms with E-state index in [1.54, 1.807) is 6.07 Å². The number of aromatic nitrogens is 1. The fourth-order valence-corrected chi connectivity index (χ4v) is 4.30. The van der Waals surface area contributed by atoms with Gasteiger partial charge in [-0.1, -0.05) is 49.4 Å². The van der Waals surface area contributed by atoms with Crippen molar-refractivity contribution in [3.05, 3.63) is 76.1 Å². The van der Waals surface area contributed by atoms with Crippen LogP contribution in [0.4, 0.5) is 5.69 Å². The zero-order chi connectivity index (χ0) is 28.5. The van der Waals surface area contributed by atoms with Gasteiger partial charge < -0.3 is 25.0 Å². The van der Waals surface area contributed by atoms with Gasteiger partial charge in [-0.3, -0.25) is 9.69 Å². The lowest BCUT2D eigenvalue weighted by molar-refractivity contribution is -0.116. The molecule has 212 valence electrons. The number of benzene rings is 2. The second-order valence-electron chi connectivity index (χ2n) is 10.8. The third-order valence-corrected chi connectivity index (χ3v) is 6.85. The average Bonchev–Trinajstić information content (AvgIpc) is 3.45. The third-order valence-electron chi connectivity index (χ3n) is 6.55. The molecule has 9 heteroatoms. The number of hydrogen-bond acceptors (Lipinski definition) is 7. The monoisotopic (exact) mass is 564 g/mol. The van der Waals surface area contributed by atoms with Gasteiger partial charge in [0.05, 0.1) is 24.3 Å². The van der Waals surface area contributed by atoms with Crippen LogP contribution in [0.2, 0.25) is 5.02 Å². The van der Waals surface area contributed by atoms with Crippen LogP contribution in [-0.2, 0) is 14.9 Å². The number of carbonyl (C=O) groups is 1. The van der Waals surface area contributed by atoms with Crippen molar-refractivity contribution in [1.82, 2.24) is 10.1 Å². The van der Waals surface area contributed by atoms with Crippen LogP contribution >= 0.6 is 11.6 Å². The molecule has 1 atom stereocenters. The molecule has 0 aliphatic carbocycles. The Morgan fingerprint density at radius 2 is 1.82 bits per heavy atom. The van der Waals surface area contributed by atoms with Crippen molar-refractivity contribution in [2.45, 2.75) is 45.1 Å². The van der Waals surface area contributed by atoms with Gasteiger partial charge in [0.1, 0.15) is 23.8 Å². The molecule has 2 heterocycles. The number of ether oxygens (including phenoxy) is 2. The van der Waals surface area contributed by atoms with Crippen LogP contribution in [0.1, 0.15) is 62.2 Å². The summed E-state index contributed by atoms with van der Waals surface area (Å²) in [7, 11) is 0. The molecule has 8 nitrogen and oxygen atoms in total. The summed E-state index contributed by atoms with van der Waals surface area (Å²) in [5.41, 5.74) is 9.05. The van der Waals surface area contributed by atoms with E-state index < -0.39 is 0 Å². The van der Waals surface area contributed by atoms with Crippen molar-refractivity contribution in [3.63, 3.8) is 0 Å². The molecule has 3 aromatic rings. The summed E-state index contributed by atoms with van der Waals surface area (Å²) in [6.07, 6.45) is 0.736. The van der Waals surface area contributed by atoms with Gasteiger partial charge in [0, 0.05) is 54.4 Å². The highest BCUT2D eigenvalue weighted by atomic mass is 35.5. The number of anilines is 1. The lowest BCUT2D eigenvalue weighted by atomic mass is 9.92. The Morgan fingerprint density at radius 3 is 2.50 bits per heavy atom. The van der Waals surface area contributed by atoms with Gasteiger partial charge in [0.25, 0.3) is 0 Å². The lowest BCUT2D eigenvalue weighted by Gasteiger charge is -2.26. The van der Waals surface area contributed by atoms with Gasteiger partial charge in [-0.25, -0.2) is 0 Å². The molecular formula is C31H37ClN4O4. The lowest BCUT2D eigenvalue weighted by Crippen LogP contribution is -2.38. The van der Waals surface area contributed by atoms with Crippen molar-refractivity contribution in [2.24, 2.45) is 5.73 Å². The quantitative estimate of drug-likeness (QED) is 0.346. The van der Waals surface area contributed by atoms with Gasteiger partial charge in [0.2, 0.25) is 5.91 Å². The molecule has 4 rings (SSSR count). The summed E-state index contributed by atoms with van der Waals surface area (Å²) >= 11 is 6.42. The Kier molecular flexibility index (Phi) is 10.2. The summed E-state index contributed by atoms with van der Waals surface area (Å²) in [5.74, 6) is 7.57. The summed E-state index contributed by atoms with van der Waals surface area (Å²) in [5, 5.41) is 7.50. The topological polar surface area (TPSA) is 103 Å². The van der Waals surface area contributed by atoms with E-state index in [2.05, 4.69) is 27.2 Å². The molecule has 1 fully saturated rings. The number of hydrogen-bond donors (Lipinski definition) is 2. The first kappa shape index (κ1) is 29.6. The maximum atomic E-state index is 12.4. The van der Waals surface area contributed by atoms with E-state index >= 15 is 0 Å². The molecular weight excluding hydrogens is 528 g/mol. The van der Waals surface area contributed by atoms with E-state index in [0.29, 0.717) is 35.2 Å². The highest BCUT2D eigenvalue weighted by molar-refractivity contribution is 6.32. The highest BCUT2D eigenvalue weighted by Crippen LogP contribution is 2.26. The number of nitrogens with zero attached hydrogens (tertiary/aromatic N) is 2. The Balaban J connectivity index is 1.23. The molecule has 1 unspecified atom stereocenters. The molecule has 0 bridgehead atoms. The van der Waals surface area contributed by atoms with E-state index in [9.17, 15) is 4.79 Å². The molecule has 0 saturated carbocycles. The average molecular weight is 565 g/mol. The summed E-state index contributed by atoms with van der Waals surface area (Å²) < 4.78 is 16.6. The zero-order valence-corrected chi connectivity index (χ0v) is 24.1. The molecule has 1 aliphatic heterocycles. The fourth-order valence-electron chi connectivity index (χ4n) is 4.06. The second-order valence-corrected chi connectivity index (χ2v) is 11.2. The first-order chi connectivity index (χ1) is 19.2. The van der Waals surface area contributed by atoms with Crippen LogP contribution in [0, 0.1) is 11.8 Å². The molecule has 40 heavy (non-hydrogen) atoms. The fraction of sp³-hybridized carbons (Fsp3) is 0.419. The molecule has 1 aromatic heterocycles. The Morgan fingerprint density at radius 1 is 1.12 bits per heavy atom. The van der Waals surface area contributed by atoms with Crippen molar-refractivity contribution < 1.29 is 18.8 Å². The van der Waals surface area contributed by atoms with E-state index in [1.165, 1.54) is 0 Å². The Hall–Kier alpha value is -3.35. The van der Waals surface area contributed by atoms with Crippen molar-refractivity contribution >= 4 is 23.2 Å². The number of nitrogens with two attached hydrogens (primary N) is 1. The molecule has 2 aromatic carbocycles. The highest BCUT2D eigenvalue weighted by Gasteiger charge is 2.22. The van der Waals surface area contributed by atoms with Crippen LogP contribution in [0.5, 0.6) is 5.75 Å². The predicted octanol–water partition coefficient (Wildman–Crippen LogP) is 5.16. The maximum Gasteiger partial charge on any atom is 0.224 e. The molecule has 1 saturated heterocycles. The van der Waals surface area contributed by atoms with Crippen molar-refractivity contribution in [2.75, 3.05) is 44.8 Å². The van der Waals surface area contributed by atoms with Crippen LogP contribution in [0.25, 0.3) is 0 Å². The van der Waals surface area contributed by atoms with Crippen LogP contribution < -0.4 is 15.8 Å². The van der Waals surface area contributed by atoms with Crippen LogP contribution in [0.15, 0.2) is 53.1 Å². The number of nitrogens with one attached hydrogen (secondary N) is 1. The standard InChI is InChI=1S/C31H37ClN4O4/c1-31(2,3)29-21-27(35-40-29)26(33)11-13-30(37)34-24-9-6-22(7-10-24)4-5-23-8-12-28(25(32)20-23)39-19-16-36-14-17-38-18-15-36/h6-10,12,20-21,26H,11,13-19,33H2,1-3H3,(H,34,37). The summed E-state index contributed by atoms with van der Waals surface area (Å²) in [4.78, 5) is 14.8. The summed E-state index contributed by atoms with van der Waals surface area (Å²) in [6.45, 7) is 10.9. The van der Waals surface area contributed by atoms with Gasteiger partial charge in [-0.15, -0.1) is 0 Å². The van der Waals surface area contributed by atoms with Gasteiger partial charge in [0.15, 0.2) is 0 Å². The van der Waals surface area contributed by atoms with Crippen molar-refractivity contribution in [3.8, 4) is 17.6 Å². The Labute approximate surface area is 241 Å². The third kappa shape index (κ3) is 8.83. The molecule has 3 N–H and O–H groups in total. The molecule has 1 amide bonds. The molecule has 1 aliphatic rings. The molecule has 0 radical (unpaired) electrons. The van der Waals surface area contributed by atoms with E-state index in [1.807, 2.05) is 63.2 Å². The first-order valence-electron chi connectivity index (χ1n) is 13.5.